The van der Waals surface area contributed by atoms with Gasteiger partial charge in [-0.25, -0.2) is 0 Å². The SMILES string of the molecule is COc1cccc(C(=O)NCCNC2=NCCCN2)c1.I. The fraction of sp³-hybridized carbons (Fsp3) is 0.429. The molecule has 6 nitrogen and oxygen atoms in total. The van der Waals surface area contributed by atoms with Crippen LogP contribution in [0, 0.1) is 0 Å². The molecule has 2 rings (SSSR count). The number of hydrogen-bond acceptors (Lipinski definition) is 5. The third-order valence-corrected chi connectivity index (χ3v) is 2.93. The number of nitrogens with zero attached hydrogens (tertiary/aromatic N) is 1. The third kappa shape index (κ3) is 5.78. The molecule has 0 unspecified atom stereocenters. The highest BCUT2D eigenvalue weighted by atomic mass is 127. The van der Waals surface area contributed by atoms with Gasteiger partial charge < -0.3 is 20.7 Å². The largest absolute Gasteiger partial charge is 0.497 e. The Morgan fingerprint density at radius 3 is 3.00 bits per heavy atom. The number of ether oxygens (including phenoxy) is 1. The van der Waals surface area contributed by atoms with Gasteiger partial charge in [-0.3, -0.25) is 9.79 Å². The molecule has 1 aromatic carbocycles. The van der Waals surface area contributed by atoms with E-state index in [-0.39, 0.29) is 29.9 Å². The molecule has 1 aromatic rings. The minimum Gasteiger partial charge on any atom is -0.497 e. The summed E-state index contributed by atoms with van der Waals surface area (Å²) in [6.45, 7) is 2.98. The Kier molecular flexibility index (Phi) is 7.88. The van der Waals surface area contributed by atoms with Crippen molar-refractivity contribution in [1.82, 2.24) is 16.0 Å². The lowest BCUT2D eigenvalue weighted by Gasteiger charge is -2.16. The first-order valence-corrected chi connectivity index (χ1v) is 6.74. The van der Waals surface area contributed by atoms with Crippen LogP contribution in [-0.4, -0.2) is 45.2 Å². The molecule has 0 bridgehead atoms. The Hall–Kier alpha value is -1.51. The van der Waals surface area contributed by atoms with Gasteiger partial charge in [-0.15, -0.1) is 24.0 Å². The zero-order chi connectivity index (χ0) is 14.2. The Balaban J connectivity index is 0.00000220. The van der Waals surface area contributed by atoms with E-state index in [2.05, 4.69) is 20.9 Å². The Labute approximate surface area is 141 Å². The summed E-state index contributed by atoms with van der Waals surface area (Å²) < 4.78 is 5.09. The monoisotopic (exact) mass is 404 g/mol. The van der Waals surface area contributed by atoms with Gasteiger partial charge in [-0.1, -0.05) is 6.07 Å². The summed E-state index contributed by atoms with van der Waals surface area (Å²) in [6.07, 6.45) is 1.07. The number of aliphatic imine (C=N–C) groups is 1. The molecule has 1 heterocycles. The van der Waals surface area contributed by atoms with Gasteiger partial charge in [0.1, 0.15) is 5.75 Å². The van der Waals surface area contributed by atoms with Crippen molar-refractivity contribution in [3.05, 3.63) is 29.8 Å². The summed E-state index contributed by atoms with van der Waals surface area (Å²) >= 11 is 0. The molecule has 3 N–H and O–H groups in total. The predicted molar refractivity (Wildman–Crippen MR) is 93.7 cm³/mol. The molecule has 1 aliphatic rings. The number of rotatable bonds is 5. The molecule has 0 fully saturated rings. The number of guanidine groups is 1. The van der Waals surface area contributed by atoms with Gasteiger partial charge in [0, 0.05) is 31.7 Å². The number of nitrogens with one attached hydrogen (secondary N) is 3. The van der Waals surface area contributed by atoms with Crippen molar-refractivity contribution in [1.29, 1.82) is 0 Å². The molecule has 21 heavy (non-hydrogen) atoms. The Morgan fingerprint density at radius 2 is 2.29 bits per heavy atom. The van der Waals surface area contributed by atoms with Crippen LogP contribution < -0.4 is 20.7 Å². The molecule has 0 radical (unpaired) electrons. The lowest BCUT2D eigenvalue weighted by Crippen LogP contribution is -2.43. The highest BCUT2D eigenvalue weighted by Gasteiger charge is 2.06. The van der Waals surface area contributed by atoms with E-state index >= 15 is 0 Å². The highest BCUT2D eigenvalue weighted by molar-refractivity contribution is 14.0. The van der Waals surface area contributed by atoms with E-state index < -0.39 is 0 Å². The van der Waals surface area contributed by atoms with Crippen molar-refractivity contribution in [2.75, 3.05) is 33.3 Å². The van der Waals surface area contributed by atoms with Gasteiger partial charge in [0.2, 0.25) is 0 Å². The fourth-order valence-electron chi connectivity index (χ4n) is 1.87. The molecule has 0 aliphatic carbocycles. The molecular formula is C14H21IN4O2. The number of carbonyl (C=O) groups is 1. The van der Waals surface area contributed by atoms with Crippen molar-refractivity contribution in [2.24, 2.45) is 4.99 Å². The van der Waals surface area contributed by atoms with E-state index in [0.717, 1.165) is 25.5 Å². The normalized spacial score (nSPS) is 13.3. The summed E-state index contributed by atoms with van der Waals surface area (Å²) in [7, 11) is 1.58. The second kappa shape index (κ2) is 9.43. The standard InChI is InChI=1S/C14H20N4O2.HI/c1-20-12-5-2-4-11(10-12)13(19)15-8-9-18-14-16-6-3-7-17-14;/h2,4-5,10H,3,6-9H2,1H3,(H,15,19)(H2,16,17,18);1H. The Morgan fingerprint density at radius 1 is 1.43 bits per heavy atom. The van der Waals surface area contributed by atoms with E-state index in [1.54, 1.807) is 25.3 Å². The second-order valence-corrected chi connectivity index (χ2v) is 4.43. The maximum atomic E-state index is 11.9. The van der Waals surface area contributed by atoms with Gasteiger partial charge in [-0.05, 0) is 24.6 Å². The number of methoxy groups -OCH3 is 1. The van der Waals surface area contributed by atoms with Crippen molar-refractivity contribution >= 4 is 35.8 Å². The summed E-state index contributed by atoms with van der Waals surface area (Å²) in [5, 5.41) is 9.16. The third-order valence-electron chi connectivity index (χ3n) is 2.93. The maximum absolute atomic E-state index is 11.9. The van der Waals surface area contributed by atoms with Crippen molar-refractivity contribution in [3.8, 4) is 5.75 Å². The van der Waals surface area contributed by atoms with Gasteiger partial charge >= 0.3 is 0 Å². The molecule has 0 atom stereocenters. The smallest absolute Gasteiger partial charge is 0.251 e. The number of benzene rings is 1. The summed E-state index contributed by atoms with van der Waals surface area (Å²) in [5.74, 6) is 1.38. The molecule has 0 saturated carbocycles. The van der Waals surface area contributed by atoms with Crippen LogP contribution in [0.25, 0.3) is 0 Å². The van der Waals surface area contributed by atoms with E-state index in [0.29, 0.717) is 24.4 Å². The molecule has 0 saturated heterocycles. The lowest BCUT2D eigenvalue weighted by atomic mass is 10.2. The zero-order valence-electron chi connectivity index (χ0n) is 12.0. The zero-order valence-corrected chi connectivity index (χ0v) is 14.3. The highest BCUT2D eigenvalue weighted by Crippen LogP contribution is 2.11. The van der Waals surface area contributed by atoms with Crippen molar-refractivity contribution in [2.45, 2.75) is 6.42 Å². The summed E-state index contributed by atoms with van der Waals surface area (Å²) in [4.78, 5) is 16.2. The average Bonchev–Trinajstić information content (AvgIpc) is 2.52. The van der Waals surface area contributed by atoms with Crippen LogP contribution in [-0.2, 0) is 0 Å². The van der Waals surface area contributed by atoms with Crippen LogP contribution in [0.15, 0.2) is 29.3 Å². The topological polar surface area (TPSA) is 74.8 Å². The quantitative estimate of drug-likeness (QED) is 0.506. The average molecular weight is 404 g/mol. The van der Waals surface area contributed by atoms with Gasteiger partial charge in [0.05, 0.1) is 7.11 Å². The molecule has 1 aliphatic heterocycles. The van der Waals surface area contributed by atoms with E-state index in [9.17, 15) is 4.79 Å². The summed E-state index contributed by atoms with van der Waals surface area (Å²) in [6, 6.07) is 7.09. The summed E-state index contributed by atoms with van der Waals surface area (Å²) in [5.41, 5.74) is 0.595. The molecule has 0 spiro atoms. The van der Waals surface area contributed by atoms with E-state index in [1.807, 2.05) is 6.07 Å². The minimum absolute atomic E-state index is 0. The van der Waals surface area contributed by atoms with Crippen molar-refractivity contribution < 1.29 is 9.53 Å². The first kappa shape index (κ1) is 17.5. The van der Waals surface area contributed by atoms with Crippen LogP contribution in [0.1, 0.15) is 16.8 Å². The second-order valence-electron chi connectivity index (χ2n) is 4.43. The van der Waals surface area contributed by atoms with E-state index in [4.69, 9.17) is 4.74 Å². The predicted octanol–water partition coefficient (Wildman–Crippen LogP) is 0.982. The fourth-order valence-corrected chi connectivity index (χ4v) is 1.87. The first-order valence-electron chi connectivity index (χ1n) is 6.74. The molecule has 116 valence electrons. The number of hydrogen-bond donors (Lipinski definition) is 3. The van der Waals surface area contributed by atoms with Gasteiger partial charge in [-0.2, -0.15) is 0 Å². The Bertz CT molecular complexity index is 494. The van der Waals surface area contributed by atoms with Crippen molar-refractivity contribution in [3.63, 3.8) is 0 Å². The van der Waals surface area contributed by atoms with Gasteiger partial charge in [0.25, 0.3) is 5.91 Å². The van der Waals surface area contributed by atoms with Crippen LogP contribution >= 0.6 is 24.0 Å². The lowest BCUT2D eigenvalue weighted by molar-refractivity contribution is 0.0954. The molecular weight excluding hydrogens is 383 g/mol. The van der Waals surface area contributed by atoms with Crippen LogP contribution in [0.4, 0.5) is 0 Å². The number of carbonyl (C=O) groups excluding carboxylic acids is 1. The maximum Gasteiger partial charge on any atom is 0.251 e. The van der Waals surface area contributed by atoms with Crippen LogP contribution in [0.5, 0.6) is 5.75 Å². The molecule has 1 amide bonds. The minimum atomic E-state index is -0.107. The first-order chi connectivity index (χ1) is 9.79. The molecule has 0 aromatic heterocycles. The van der Waals surface area contributed by atoms with Crippen LogP contribution in [0.2, 0.25) is 0 Å². The van der Waals surface area contributed by atoms with Gasteiger partial charge in [0.15, 0.2) is 5.96 Å². The van der Waals surface area contributed by atoms with Crippen LogP contribution in [0.3, 0.4) is 0 Å². The van der Waals surface area contributed by atoms with E-state index in [1.165, 1.54) is 0 Å². The number of halogens is 1. The number of amides is 1. The molecule has 7 heteroatoms.